The van der Waals surface area contributed by atoms with Gasteiger partial charge < -0.3 is 16.2 Å². The summed E-state index contributed by atoms with van der Waals surface area (Å²) >= 11 is 3.41. The maximum Gasteiger partial charge on any atom is 0.138 e. The first-order chi connectivity index (χ1) is 8.56. The van der Waals surface area contributed by atoms with Crippen molar-refractivity contribution in [2.75, 3.05) is 11.1 Å². The highest BCUT2D eigenvalue weighted by Crippen LogP contribution is 2.21. The van der Waals surface area contributed by atoms with E-state index < -0.39 is 0 Å². The summed E-state index contributed by atoms with van der Waals surface area (Å²) in [7, 11) is 0. The molecule has 2 rings (SSSR count). The number of hydrogen-bond acceptors (Lipinski definition) is 4. The molecule has 0 bridgehead atoms. The highest BCUT2D eigenvalue weighted by molar-refractivity contribution is 9.10. The minimum Gasteiger partial charge on any atom is -0.506 e. The van der Waals surface area contributed by atoms with Gasteiger partial charge in [0.05, 0.1) is 11.4 Å². The van der Waals surface area contributed by atoms with Crippen molar-refractivity contribution in [2.45, 2.75) is 13.5 Å². The van der Waals surface area contributed by atoms with Gasteiger partial charge in [0.25, 0.3) is 0 Å². The third-order valence-electron chi connectivity index (χ3n) is 2.59. The average molecular weight is 308 g/mol. The molecule has 4 nitrogen and oxygen atoms in total. The van der Waals surface area contributed by atoms with Gasteiger partial charge in [0.15, 0.2) is 0 Å². The van der Waals surface area contributed by atoms with Crippen LogP contribution < -0.4 is 11.1 Å². The number of phenols is 1. The highest BCUT2D eigenvalue weighted by atomic mass is 79.9. The van der Waals surface area contributed by atoms with Crippen LogP contribution in [0.4, 0.5) is 11.5 Å². The second kappa shape index (κ2) is 5.27. The number of benzene rings is 1. The number of halogens is 1. The lowest BCUT2D eigenvalue weighted by atomic mass is 10.2. The third-order valence-corrected chi connectivity index (χ3v) is 3.43. The zero-order chi connectivity index (χ0) is 13.1. The monoisotopic (exact) mass is 307 g/mol. The number of aryl methyl sites for hydroxylation is 1. The summed E-state index contributed by atoms with van der Waals surface area (Å²) in [5, 5.41) is 12.7. The van der Waals surface area contributed by atoms with Gasteiger partial charge in [-0.1, -0.05) is 6.07 Å². The number of aromatic nitrogens is 1. The number of hydrogen-bond donors (Lipinski definition) is 3. The molecule has 18 heavy (non-hydrogen) atoms. The fourth-order valence-electron chi connectivity index (χ4n) is 1.53. The molecule has 5 heteroatoms. The number of aromatic hydroxyl groups is 1. The van der Waals surface area contributed by atoms with Crippen LogP contribution >= 0.6 is 15.9 Å². The first kappa shape index (κ1) is 12.7. The van der Waals surface area contributed by atoms with E-state index in [-0.39, 0.29) is 5.75 Å². The molecule has 1 heterocycles. The van der Waals surface area contributed by atoms with Crippen LogP contribution in [-0.2, 0) is 6.54 Å². The Morgan fingerprint density at radius 2 is 2.11 bits per heavy atom. The normalized spacial score (nSPS) is 10.3. The number of nitrogens with one attached hydrogen (secondary N) is 1. The number of phenolic OH excluding ortho intramolecular Hbond substituents is 1. The molecule has 0 spiro atoms. The lowest BCUT2D eigenvalue weighted by molar-refractivity contribution is 0.477. The maximum atomic E-state index is 9.50. The number of pyridine rings is 1. The molecule has 0 saturated heterocycles. The second-order valence-corrected chi connectivity index (χ2v) is 4.86. The predicted molar refractivity (Wildman–Crippen MR) is 76.5 cm³/mol. The largest absolute Gasteiger partial charge is 0.506 e. The van der Waals surface area contributed by atoms with Crippen LogP contribution in [0.15, 0.2) is 34.8 Å². The van der Waals surface area contributed by atoms with Gasteiger partial charge in [-0.3, -0.25) is 0 Å². The van der Waals surface area contributed by atoms with Gasteiger partial charge >= 0.3 is 0 Å². The van der Waals surface area contributed by atoms with Gasteiger partial charge in [-0.2, -0.15) is 0 Å². The van der Waals surface area contributed by atoms with E-state index in [1.54, 1.807) is 12.1 Å². The summed E-state index contributed by atoms with van der Waals surface area (Å²) in [6, 6.07) is 9.05. The zero-order valence-electron chi connectivity index (χ0n) is 9.94. The van der Waals surface area contributed by atoms with Crippen LogP contribution in [0.2, 0.25) is 0 Å². The van der Waals surface area contributed by atoms with Gasteiger partial charge in [0.2, 0.25) is 0 Å². The van der Waals surface area contributed by atoms with Gasteiger partial charge in [-0.25, -0.2) is 4.98 Å². The van der Waals surface area contributed by atoms with Crippen molar-refractivity contribution in [3.63, 3.8) is 0 Å². The minimum atomic E-state index is 0.106. The van der Waals surface area contributed by atoms with Crippen LogP contribution in [-0.4, -0.2) is 10.1 Å². The Hall–Kier alpha value is -1.75. The molecule has 1 aromatic heterocycles. The number of nitrogens with two attached hydrogens (primary N) is 1. The fraction of sp³-hybridized carbons (Fsp3) is 0.154. The standard InChI is InChI=1S/C13H14BrN3O/c1-8-10(14)3-5-13(17-8)16-7-9-2-4-11(15)12(18)6-9/h2-6,18H,7,15H2,1H3,(H,16,17). The summed E-state index contributed by atoms with van der Waals surface area (Å²) in [6.07, 6.45) is 0. The van der Waals surface area contributed by atoms with Gasteiger partial charge in [-0.15, -0.1) is 0 Å². The Labute approximate surface area is 114 Å². The second-order valence-electron chi connectivity index (χ2n) is 4.01. The van der Waals surface area contributed by atoms with Crippen molar-refractivity contribution in [3.8, 4) is 5.75 Å². The summed E-state index contributed by atoms with van der Waals surface area (Å²) in [5.41, 5.74) is 7.81. The predicted octanol–water partition coefficient (Wildman–Crippen LogP) is 3.05. The summed E-state index contributed by atoms with van der Waals surface area (Å²) < 4.78 is 0.984. The highest BCUT2D eigenvalue weighted by Gasteiger charge is 2.01. The van der Waals surface area contributed by atoms with Crippen molar-refractivity contribution in [3.05, 3.63) is 46.1 Å². The molecule has 0 aliphatic carbocycles. The Kier molecular flexibility index (Phi) is 3.72. The molecule has 0 atom stereocenters. The van der Waals surface area contributed by atoms with Crippen molar-refractivity contribution in [1.29, 1.82) is 0 Å². The summed E-state index contributed by atoms with van der Waals surface area (Å²) in [6.45, 7) is 2.52. The fourth-order valence-corrected chi connectivity index (χ4v) is 1.76. The molecule has 2 aromatic rings. The van der Waals surface area contributed by atoms with Crippen LogP contribution in [0.25, 0.3) is 0 Å². The number of nitrogen functional groups attached to an aromatic ring is 1. The van der Waals surface area contributed by atoms with E-state index in [9.17, 15) is 5.11 Å². The third kappa shape index (κ3) is 2.92. The molecule has 0 unspecified atom stereocenters. The van der Waals surface area contributed by atoms with E-state index in [0.29, 0.717) is 12.2 Å². The minimum absolute atomic E-state index is 0.106. The zero-order valence-corrected chi connectivity index (χ0v) is 11.5. The van der Waals surface area contributed by atoms with Crippen molar-refractivity contribution in [1.82, 2.24) is 4.98 Å². The van der Waals surface area contributed by atoms with Crippen LogP contribution in [0.1, 0.15) is 11.3 Å². The molecule has 1 aromatic carbocycles. The lowest BCUT2D eigenvalue weighted by Gasteiger charge is -2.08. The van der Waals surface area contributed by atoms with Gasteiger partial charge in [0.1, 0.15) is 11.6 Å². The van der Waals surface area contributed by atoms with Crippen molar-refractivity contribution >= 4 is 27.4 Å². The van der Waals surface area contributed by atoms with Crippen molar-refractivity contribution in [2.24, 2.45) is 0 Å². The number of rotatable bonds is 3. The molecule has 0 radical (unpaired) electrons. The van der Waals surface area contributed by atoms with E-state index in [2.05, 4.69) is 26.2 Å². The maximum absolute atomic E-state index is 9.50. The molecular formula is C13H14BrN3O. The van der Waals surface area contributed by atoms with Crippen LogP contribution in [0, 0.1) is 6.92 Å². The molecule has 4 N–H and O–H groups in total. The van der Waals surface area contributed by atoms with E-state index in [4.69, 9.17) is 5.73 Å². The molecular weight excluding hydrogens is 294 g/mol. The quantitative estimate of drug-likeness (QED) is 0.602. The molecule has 0 fully saturated rings. The van der Waals surface area contributed by atoms with Gasteiger partial charge in [-0.05, 0) is 52.7 Å². The Morgan fingerprint density at radius 3 is 2.78 bits per heavy atom. The SMILES string of the molecule is Cc1nc(NCc2ccc(N)c(O)c2)ccc1Br. The molecule has 0 aliphatic heterocycles. The first-order valence-electron chi connectivity index (χ1n) is 5.50. The molecule has 0 saturated carbocycles. The first-order valence-corrected chi connectivity index (χ1v) is 6.30. The summed E-state index contributed by atoms with van der Waals surface area (Å²) in [4.78, 5) is 4.38. The Morgan fingerprint density at radius 1 is 1.33 bits per heavy atom. The smallest absolute Gasteiger partial charge is 0.138 e. The van der Waals surface area contributed by atoms with E-state index in [1.807, 2.05) is 25.1 Å². The Bertz CT molecular complexity index is 521. The number of anilines is 2. The van der Waals surface area contributed by atoms with Crippen LogP contribution in [0.5, 0.6) is 5.75 Å². The van der Waals surface area contributed by atoms with E-state index in [0.717, 1.165) is 21.5 Å². The Balaban J connectivity index is 2.06. The number of nitrogens with zero attached hydrogens (tertiary/aromatic N) is 1. The van der Waals surface area contributed by atoms with E-state index in [1.165, 1.54) is 0 Å². The van der Waals surface area contributed by atoms with Gasteiger partial charge in [0, 0.05) is 11.0 Å². The molecule has 0 amide bonds. The van der Waals surface area contributed by atoms with E-state index >= 15 is 0 Å². The lowest BCUT2D eigenvalue weighted by Crippen LogP contribution is -2.02. The van der Waals surface area contributed by atoms with Crippen molar-refractivity contribution < 1.29 is 5.11 Å². The van der Waals surface area contributed by atoms with Crippen LogP contribution in [0.3, 0.4) is 0 Å². The summed E-state index contributed by atoms with van der Waals surface area (Å²) in [5.74, 6) is 0.904. The molecule has 94 valence electrons. The average Bonchev–Trinajstić information content (AvgIpc) is 2.35. The molecule has 0 aliphatic rings. The topological polar surface area (TPSA) is 71.2 Å².